The van der Waals surface area contributed by atoms with Gasteiger partial charge in [0.2, 0.25) is 0 Å². The van der Waals surface area contributed by atoms with Gasteiger partial charge in [0.1, 0.15) is 5.75 Å². The van der Waals surface area contributed by atoms with E-state index in [0.717, 1.165) is 24.3 Å². The van der Waals surface area contributed by atoms with Crippen LogP contribution in [0.4, 0.5) is 0 Å². The van der Waals surface area contributed by atoms with Crippen molar-refractivity contribution >= 4 is 0 Å². The molecule has 1 heterocycles. The summed E-state index contributed by atoms with van der Waals surface area (Å²) < 4.78 is 10.3. The lowest BCUT2D eigenvalue weighted by Crippen LogP contribution is -2.30. The maximum Gasteiger partial charge on any atom is 0.137 e. The molecule has 0 saturated heterocycles. The van der Waals surface area contributed by atoms with Crippen molar-refractivity contribution in [1.82, 2.24) is 10.4 Å². The summed E-state index contributed by atoms with van der Waals surface area (Å²) in [7, 11) is 3.33. The molecule has 0 aromatic carbocycles. The molecule has 2 unspecified atom stereocenters. The first-order valence-electron chi connectivity index (χ1n) is 5.65. The average Bonchev–Trinajstić information content (AvgIpc) is 2.36. The number of aromatic nitrogens is 1. The number of hydrogen-bond acceptors (Lipinski definition) is 5. The average molecular weight is 239 g/mol. The molecule has 5 nitrogen and oxygen atoms in total. The summed E-state index contributed by atoms with van der Waals surface area (Å²) in [5.41, 5.74) is 3.83. The largest absolute Gasteiger partial charge is 0.495 e. The van der Waals surface area contributed by atoms with Crippen molar-refractivity contribution < 1.29 is 9.47 Å². The number of ether oxygens (including phenoxy) is 2. The third-order valence-corrected chi connectivity index (χ3v) is 2.66. The molecule has 5 heteroatoms. The first kappa shape index (κ1) is 13.9. The van der Waals surface area contributed by atoms with Crippen LogP contribution in [0.2, 0.25) is 0 Å². The SMILES string of the molecule is COCC(C)CC(NN)c1cncc(OC)c1. The Morgan fingerprint density at radius 3 is 2.76 bits per heavy atom. The molecule has 0 aliphatic rings. The number of hydrazine groups is 1. The maximum absolute atomic E-state index is 5.58. The molecule has 0 amide bonds. The van der Waals surface area contributed by atoms with E-state index in [1.807, 2.05) is 6.07 Å². The highest BCUT2D eigenvalue weighted by Gasteiger charge is 2.15. The summed E-state index contributed by atoms with van der Waals surface area (Å²) in [4.78, 5) is 4.13. The number of rotatable bonds is 7. The molecule has 1 aromatic heterocycles. The number of nitrogens with one attached hydrogen (secondary N) is 1. The summed E-state index contributed by atoms with van der Waals surface area (Å²) in [6.45, 7) is 2.84. The van der Waals surface area contributed by atoms with E-state index < -0.39 is 0 Å². The highest BCUT2D eigenvalue weighted by atomic mass is 16.5. The molecule has 0 spiro atoms. The van der Waals surface area contributed by atoms with Crippen LogP contribution in [0, 0.1) is 5.92 Å². The summed E-state index contributed by atoms with van der Waals surface area (Å²) in [5.74, 6) is 6.74. The van der Waals surface area contributed by atoms with Crippen molar-refractivity contribution in [1.29, 1.82) is 0 Å². The van der Waals surface area contributed by atoms with Gasteiger partial charge in [-0.15, -0.1) is 0 Å². The van der Waals surface area contributed by atoms with E-state index in [4.69, 9.17) is 15.3 Å². The van der Waals surface area contributed by atoms with Gasteiger partial charge in [0.15, 0.2) is 0 Å². The van der Waals surface area contributed by atoms with E-state index in [0.29, 0.717) is 5.92 Å². The van der Waals surface area contributed by atoms with Crippen molar-refractivity contribution in [2.45, 2.75) is 19.4 Å². The fourth-order valence-electron chi connectivity index (χ4n) is 1.79. The van der Waals surface area contributed by atoms with E-state index in [-0.39, 0.29) is 6.04 Å². The highest BCUT2D eigenvalue weighted by Crippen LogP contribution is 2.23. The molecule has 0 fully saturated rings. The molecule has 96 valence electrons. The molecule has 3 N–H and O–H groups in total. The van der Waals surface area contributed by atoms with Gasteiger partial charge in [-0.1, -0.05) is 6.92 Å². The van der Waals surface area contributed by atoms with Crippen LogP contribution in [0.1, 0.15) is 24.9 Å². The van der Waals surface area contributed by atoms with Gasteiger partial charge in [0.25, 0.3) is 0 Å². The van der Waals surface area contributed by atoms with Gasteiger partial charge < -0.3 is 9.47 Å². The molecular weight excluding hydrogens is 218 g/mol. The molecule has 17 heavy (non-hydrogen) atoms. The molecular formula is C12H21N3O2. The number of nitrogens with zero attached hydrogens (tertiary/aromatic N) is 1. The second-order valence-corrected chi connectivity index (χ2v) is 4.17. The van der Waals surface area contributed by atoms with Crippen molar-refractivity contribution in [2.24, 2.45) is 11.8 Å². The van der Waals surface area contributed by atoms with Crippen molar-refractivity contribution in [3.05, 3.63) is 24.0 Å². The predicted molar refractivity (Wildman–Crippen MR) is 66.5 cm³/mol. The number of pyridine rings is 1. The molecule has 0 aliphatic heterocycles. The first-order valence-corrected chi connectivity index (χ1v) is 5.65. The van der Waals surface area contributed by atoms with Crippen molar-refractivity contribution in [3.63, 3.8) is 0 Å². The Bertz CT molecular complexity index is 333. The van der Waals surface area contributed by atoms with Crippen LogP contribution in [0.3, 0.4) is 0 Å². The lowest BCUT2D eigenvalue weighted by molar-refractivity contribution is 0.149. The smallest absolute Gasteiger partial charge is 0.137 e. The van der Waals surface area contributed by atoms with E-state index in [2.05, 4.69) is 17.3 Å². The minimum Gasteiger partial charge on any atom is -0.495 e. The van der Waals surface area contributed by atoms with Gasteiger partial charge in [-0.2, -0.15) is 0 Å². The van der Waals surface area contributed by atoms with E-state index in [1.54, 1.807) is 26.6 Å². The summed E-state index contributed by atoms with van der Waals surface area (Å²) in [6, 6.07) is 2.00. The predicted octanol–water partition coefficient (Wildman–Crippen LogP) is 1.27. The first-order chi connectivity index (χ1) is 8.21. The zero-order valence-corrected chi connectivity index (χ0v) is 10.6. The number of methoxy groups -OCH3 is 2. The van der Waals surface area contributed by atoms with Gasteiger partial charge in [-0.3, -0.25) is 16.3 Å². The minimum absolute atomic E-state index is 0.0581. The van der Waals surface area contributed by atoms with Crippen LogP contribution in [0.25, 0.3) is 0 Å². The normalized spacial score (nSPS) is 14.4. The Kier molecular flexibility index (Phi) is 5.90. The monoisotopic (exact) mass is 239 g/mol. The second-order valence-electron chi connectivity index (χ2n) is 4.17. The van der Waals surface area contributed by atoms with Gasteiger partial charge in [0.05, 0.1) is 13.3 Å². The van der Waals surface area contributed by atoms with Crippen LogP contribution in [-0.2, 0) is 4.74 Å². The van der Waals surface area contributed by atoms with Crippen LogP contribution in [0.15, 0.2) is 18.5 Å². The third-order valence-electron chi connectivity index (χ3n) is 2.66. The molecule has 1 aromatic rings. The molecule has 0 aliphatic carbocycles. The minimum atomic E-state index is 0.0581. The standard InChI is InChI=1S/C12H21N3O2/c1-9(8-16-2)4-12(15-13)10-5-11(17-3)7-14-6-10/h5-7,9,12,15H,4,8,13H2,1-3H3. The van der Waals surface area contributed by atoms with Crippen LogP contribution < -0.4 is 16.0 Å². The topological polar surface area (TPSA) is 69.4 Å². The number of hydrogen-bond donors (Lipinski definition) is 2. The van der Waals surface area contributed by atoms with Gasteiger partial charge >= 0.3 is 0 Å². The van der Waals surface area contributed by atoms with Gasteiger partial charge in [-0.25, -0.2) is 0 Å². The molecule has 0 radical (unpaired) electrons. The molecule has 0 bridgehead atoms. The second kappa shape index (κ2) is 7.21. The lowest BCUT2D eigenvalue weighted by Gasteiger charge is -2.20. The fraction of sp³-hybridized carbons (Fsp3) is 0.583. The van der Waals surface area contributed by atoms with Gasteiger partial charge in [0, 0.05) is 26.0 Å². The van der Waals surface area contributed by atoms with E-state index >= 15 is 0 Å². The van der Waals surface area contributed by atoms with Crippen LogP contribution >= 0.6 is 0 Å². The molecule has 2 atom stereocenters. The molecule has 1 rings (SSSR count). The van der Waals surface area contributed by atoms with E-state index in [9.17, 15) is 0 Å². The van der Waals surface area contributed by atoms with Crippen LogP contribution in [0.5, 0.6) is 5.75 Å². The Hall–Kier alpha value is -1.17. The zero-order chi connectivity index (χ0) is 12.7. The summed E-state index contributed by atoms with van der Waals surface area (Å²) >= 11 is 0. The van der Waals surface area contributed by atoms with E-state index in [1.165, 1.54) is 0 Å². The maximum atomic E-state index is 5.58. The Morgan fingerprint density at radius 2 is 2.18 bits per heavy atom. The molecule has 0 saturated carbocycles. The Morgan fingerprint density at radius 1 is 1.41 bits per heavy atom. The zero-order valence-electron chi connectivity index (χ0n) is 10.6. The Labute approximate surface area is 102 Å². The number of nitrogens with two attached hydrogens (primary N) is 1. The highest BCUT2D eigenvalue weighted by molar-refractivity contribution is 5.25. The quantitative estimate of drug-likeness (QED) is 0.554. The lowest BCUT2D eigenvalue weighted by atomic mass is 9.98. The fourth-order valence-corrected chi connectivity index (χ4v) is 1.79. The third kappa shape index (κ3) is 4.30. The van der Waals surface area contributed by atoms with Gasteiger partial charge in [-0.05, 0) is 24.0 Å². The summed E-state index contributed by atoms with van der Waals surface area (Å²) in [6.07, 6.45) is 4.36. The summed E-state index contributed by atoms with van der Waals surface area (Å²) in [5, 5.41) is 0. The van der Waals surface area contributed by atoms with Crippen molar-refractivity contribution in [2.75, 3.05) is 20.8 Å². The Balaban J connectivity index is 2.71. The van der Waals surface area contributed by atoms with Crippen LogP contribution in [-0.4, -0.2) is 25.8 Å². The van der Waals surface area contributed by atoms with Crippen molar-refractivity contribution in [3.8, 4) is 5.75 Å².